The van der Waals surface area contributed by atoms with Gasteiger partial charge in [0.15, 0.2) is 5.82 Å². The highest BCUT2D eigenvalue weighted by molar-refractivity contribution is 6.33. The molecular weight excluding hydrogens is 296 g/mol. The lowest BCUT2D eigenvalue weighted by Crippen LogP contribution is -2.45. The minimum Gasteiger partial charge on any atom is -0.379 e. The molecule has 1 N–H and O–H groups in total. The van der Waals surface area contributed by atoms with Gasteiger partial charge in [-0.3, -0.25) is 0 Å². The lowest BCUT2D eigenvalue weighted by atomic mass is 9.78. The van der Waals surface area contributed by atoms with Crippen LogP contribution in [0.4, 0.5) is 14.5 Å². The van der Waals surface area contributed by atoms with Gasteiger partial charge in [0.05, 0.1) is 16.3 Å². The predicted octanol–water partition coefficient (Wildman–Crippen LogP) is 4.91. The van der Waals surface area contributed by atoms with Gasteiger partial charge < -0.3 is 10.1 Å². The van der Waals surface area contributed by atoms with Gasteiger partial charge in [-0.25, -0.2) is 8.78 Å². The second-order valence-corrected chi connectivity index (χ2v) is 6.58. The molecule has 2 fully saturated rings. The molecule has 1 heterocycles. The predicted molar refractivity (Wildman–Crippen MR) is 79.8 cm³/mol. The Balaban J connectivity index is 1.73. The highest BCUT2D eigenvalue weighted by Gasteiger charge is 2.38. The van der Waals surface area contributed by atoms with Crippen molar-refractivity contribution in [2.45, 2.75) is 56.6 Å². The fraction of sp³-hybridized carbons (Fsp3) is 0.625. The quantitative estimate of drug-likeness (QED) is 0.837. The molecule has 21 heavy (non-hydrogen) atoms. The van der Waals surface area contributed by atoms with E-state index in [0.717, 1.165) is 37.8 Å². The first-order valence-electron chi connectivity index (χ1n) is 7.63. The summed E-state index contributed by atoms with van der Waals surface area (Å²) in [5.74, 6) is -1.29. The van der Waals surface area contributed by atoms with Crippen LogP contribution in [0.1, 0.15) is 44.9 Å². The molecule has 1 aliphatic heterocycles. The Kier molecular flexibility index (Phi) is 4.36. The zero-order valence-corrected chi connectivity index (χ0v) is 12.7. The van der Waals surface area contributed by atoms with E-state index in [1.807, 2.05) is 0 Å². The monoisotopic (exact) mass is 315 g/mol. The molecule has 0 amide bonds. The van der Waals surface area contributed by atoms with Crippen LogP contribution in [0.3, 0.4) is 0 Å². The largest absolute Gasteiger partial charge is 0.379 e. The Morgan fingerprint density at radius 3 is 2.67 bits per heavy atom. The van der Waals surface area contributed by atoms with Crippen molar-refractivity contribution in [1.82, 2.24) is 0 Å². The van der Waals surface area contributed by atoms with Crippen LogP contribution in [0.25, 0.3) is 0 Å². The maximum Gasteiger partial charge on any atom is 0.150 e. The lowest BCUT2D eigenvalue weighted by molar-refractivity contribution is -0.103. The Hall–Kier alpha value is -0.870. The van der Waals surface area contributed by atoms with E-state index in [1.54, 1.807) is 0 Å². The molecule has 2 nitrogen and oxygen atoms in total. The molecule has 0 aromatic heterocycles. The number of ether oxygens (including phenoxy) is 1. The molecule has 5 heteroatoms. The second kappa shape index (κ2) is 6.09. The third kappa shape index (κ3) is 3.32. The summed E-state index contributed by atoms with van der Waals surface area (Å²) in [5, 5.41) is 3.26. The zero-order chi connectivity index (χ0) is 14.9. The molecule has 2 aliphatic rings. The van der Waals surface area contributed by atoms with E-state index in [1.165, 1.54) is 19.3 Å². The zero-order valence-electron chi connectivity index (χ0n) is 11.9. The first-order valence-corrected chi connectivity index (χ1v) is 8.01. The van der Waals surface area contributed by atoms with Crippen molar-refractivity contribution in [3.8, 4) is 0 Å². The number of benzene rings is 1. The van der Waals surface area contributed by atoms with Crippen molar-refractivity contribution in [3.05, 3.63) is 28.8 Å². The first-order chi connectivity index (χ1) is 10.1. The van der Waals surface area contributed by atoms with E-state index < -0.39 is 11.6 Å². The summed E-state index contributed by atoms with van der Waals surface area (Å²) in [7, 11) is 0. The summed E-state index contributed by atoms with van der Waals surface area (Å²) in [6.07, 6.45) is 7.48. The van der Waals surface area contributed by atoms with Gasteiger partial charge in [0.2, 0.25) is 0 Å². The van der Waals surface area contributed by atoms with Crippen molar-refractivity contribution in [3.63, 3.8) is 0 Å². The molecule has 1 saturated carbocycles. The van der Waals surface area contributed by atoms with Gasteiger partial charge in [-0.15, -0.1) is 0 Å². The van der Waals surface area contributed by atoms with Crippen LogP contribution in [0.5, 0.6) is 0 Å². The van der Waals surface area contributed by atoms with E-state index in [4.69, 9.17) is 16.3 Å². The van der Waals surface area contributed by atoms with E-state index in [2.05, 4.69) is 5.32 Å². The minimum atomic E-state index is -0.654. The van der Waals surface area contributed by atoms with Gasteiger partial charge in [-0.2, -0.15) is 0 Å². The van der Waals surface area contributed by atoms with Crippen LogP contribution in [-0.2, 0) is 4.74 Å². The summed E-state index contributed by atoms with van der Waals surface area (Å²) >= 11 is 5.96. The standard InChI is InChI=1S/C16H20ClF2NO/c17-13-8-11(18)9-14(19)15(13)20-12-4-7-21-16(10-12)5-2-1-3-6-16/h8-9,12,20H,1-7,10H2. The maximum absolute atomic E-state index is 13.9. The van der Waals surface area contributed by atoms with E-state index in [-0.39, 0.29) is 22.4 Å². The van der Waals surface area contributed by atoms with Crippen molar-refractivity contribution >= 4 is 17.3 Å². The molecule has 1 aliphatic carbocycles. The number of hydrogen-bond donors (Lipinski definition) is 1. The first kappa shape index (κ1) is 15.0. The fourth-order valence-corrected chi connectivity index (χ4v) is 3.83. The average molecular weight is 316 g/mol. The van der Waals surface area contributed by atoms with Gasteiger partial charge in [-0.05, 0) is 31.7 Å². The lowest BCUT2D eigenvalue weighted by Gasteiger charge is -2.44. The smallest absolute Gasteiger partial charge is 0.150 e. The number of nitrogens with one attached hydrogen (secondary N) is 1. The molecule has 116 valence electrons. The summed E-state index contributed by atoms with van der Waals surface area (Å²) in [6, 6.07) is 2.13. The minimum absolute atomic E-state index is 0.0584. The van der Waals surface area contributed by atoms with Gasteiger partial charge in [-0.1, -0.05) is 30.9 Å². The number of rotatable bonds is 2. The van der Waals surface area contributed by atoms with Crippen molar-refractivity contribution in [2.24, 2.45) is 0 Å². The van der Waals surface area contributed by atoms with Crippen molar-refractivity contribution in [2.75, 3.05) is 11.9 Å². The van der Waals surface area contributed by atoms with Crippen LogP contribution in [0.15, 0.2) is 12.1 Å². The maximum atomic E-state index is 13.9. The molecule has 1 aromatic rings. The summed E-state index contributed by atoms with van der Waals surface area (Å²) in [5.41, 5.74) is 0.146. The molecular formula is C16H20ClF2NO. The second-order valence-electron chi connectivity index (χ2n) is 6.17. The number of halogens is 3. The van der Waals surface area contributed by atoms with Crippen LogP contribution < -0.4 is 5.32 Å². The van der Waals surface area contributed by atoms with E-state index in [9.17, 15) is 8.78 Å². The molecule has 0 bridgehead atoms. The normalized spacial score (nSPS) is 25.0. The van der Waals surface area contributed by atoms with Gasteiger partial charge in [0, 0.05) is 18.7 Å². The molecule has 1 unspecified atom stereocenters. The van der Waals surface area contributed by atoms with Gasteiger partial charge in [0.25, 0.3) is 0 Å². The van der Waals surface area contributed by atoms with E-state index in [0.29, 0.717) is 6.61 Å². The van der Waals surface area contributed by atoms with Crippen molar-refractivity contribution in [1.29, 1.82) is 0 Å². The van der Waals surface area contributed by atoms with Crippen LogP contribution >= 0.6 is 11.6 Å². The Labute approximate surface area is 128 Å². The third-order valence-corrected chi connectivity index (χ3v) is 4.91. The van der Waals surface area contributed by atoms with Crippen LogP contribution in [0.2, 0.25) is 5.02 Å². The summed E-state index contributed by atoms with van der Waals surface area (Å²) in [4.78, 5) is 0. The number of anilines is 1. The van der Waals surface area contributed by atoms with Crippen LogP contribution in [0, 0.1) is 11.6 Å². The van der Waals surface area contributed by atoms with Gasteiger partial charge >= 0.3 is 0 Å². The molecule has 0 radical (unpaired) electrons. The molecule has 1 atom stereocenters. The Morgan fingerprint density at radius 1 is 1.19 bits per heavy atom. The SMILES string of the molecule is Fc1cc(F)c(NC2CCOC3(CCCCC3)C2)c(Cl)c1. The number of hydrogen-bond acceptors (Lipinski definition) is 2. The van der Waals surface area contributed by atoms with Gasteiger partial charge in [0.1, 0.15) is 5.82 Å². The molecule has 3 rings (SSSR count). The fourth-order valence-electron chi connectivity index (χ4n) is 3.58. The molecule has 1 spiro atoms. The van der Waals surface area contributed by atoms with E-state index >= 15 is 0 Å². The highest BCUT2D eigenvalue weighted by atomic mass is 35.5. The third-order valence-electron chi connectivity index (χ3n) is 4.61. The summed E-state index contributed by atoms with van der Waals surface area (Å²) in [6.45, 7) is 0.679. The summed E-state index contributed by atoms with van der Waals surface area (Å²) < 4.78 is 33.0. The average Bonchev–Trinajstić information content (AvgIpc) is 2.44. The highest BCUT2D eigenvalue weighted by Crippen LogP contribution is 2.40. The molecule has 1 saturated heterocycles. The molecule has 1 aromatic carbocycles. The topological polar surface area (TPSA) is 21.3 Å². The van der Waals surface area contributed by atoms with Crippen molar-refractivity contribution < 1.29 is 13.5 Å². The van der Waals surface area contributed by atoms with Crippen LogP contribution in [-0.4, -0.2) is 18.2 Å². The Morgan fingerprint density at radius 2 is 1.95 bits per heavy atom. The Bertz CT molecular complexity index is 488.